The fourth-order valence-electron chi connectivity index (χ4n) is 4.01. The Morgan fingerprint density at radius 1 is 1.19 bits per heavy atom. The van der Waals surface area contributed by atoms with Crippen LogP contribution in [0, 0.1) is 6.92 Å². The Bertz CT molecular complexity index is 1150. The van der Waals surface area contributed by atoms with Gasteiger partial charge in [0, 0.05) is 35.6 Å². The number of anilines is 2. The number of carbonyl (C=O) groups is 2. The number of nitrogens with zero attached hydrogens (tertiary/aromatic N) is 3. The van der Waals surface area contributed by atoms with Gasteiger partial charge in [0.15, 0.2) is 5.65 Å². The second-order valence-electron chi connectivity index (χ2n) is 7.91. The molecule has 0 aliphatic carbocycles. The highest BCUT2D eigenvalue weighted by molar-refractivity contribution is 6.07. The number of rotatable bonds is 4. The van der Waals surface area contributed by atoms with Crippen LogP contribution in [0.25, 0.3) is 11.0 Å². The summed E-state index contributed by atoms with van der Waals surface area (Å²) < 4.78 is 4.83. The fraction of sp³-hybridized carbons (Fsp3) is 0.333. The maximum absolute atomic E-state index is 13.5. The Morgan fingerprint density at radius 2 is 2.00 bits per heavy atom. The average Bonchev–Trinajstić information content (AvgIpc) is 2.78. The van der Waals surface area contributed by atoms with Crippen LogP contribution in [0.5, 0.6) is 0 Å². The van der Waals surface area contributed by atoms with Crippen molar-refractivity contribution in [3.05, 3.63) is 59.4 Å². The molecule has 1 amide bonds. The van der Waals surface area contributed by atoms with Crippen molar-refractivity contribution in [3.8, 4) is 0 Å². The van der Waals surface area contributed by atoms with E-state index in [0.717, 1.165) is 36.9 Å². The minimum atomic E-state index is -0.418. The van der Waals surface area contributed by atoms with Gasteiger partial charge >= 0.3 is 5.97 Å². The Morgan fingerprint density at radius 3 is 2.75 bits per heavy atom. The number of piperidine rings is 1. The van der Waals surface area contributed by atoms with Crippen LogP contribution < -0.4 is 5.32 Å². The normalized spacial score (nSPS) is 15.7. The van der Waals surface area contributed by atoms with Crippen molar-refractivity contribution in [1.29, 1.82) is 0 Å². The van der Waals surface area contributed by atoms with Crippen molar-refractivity contribution < 1.29 is 14.3 Å². The van der Waals surface area contributed by atoms with Gasteiger partial charge in [-0.3, -0.25) is 4.79 Å². The smallest absolute Gasteiger partial charge is 0.337 e. The summed E-state index contributed by atoms with van der Waals surface area (Å²) in [5.74, 6) is -0.465. The van der Waals surface area contributed by atoms with Crippen LogP contribution >= 0.6 is 12.4 Å². The summed E-state index contributed by atoms with van der Waals surface area (Å²) in [6.07, 6.45) is 4.74. The highest BCUT2D eigenvalue weighted by atomic mass is 35.5. The van der Waals surface area contributed by atoms with Crippen LogP contribution in [0.2, 0.25) is 0 Å². The van der Waals surface area contributed by atoms with Crippen molar-refractivity contribution >= 4 is 46.7 Å². The minimum Gasteiger partial charge on any atom is -0.465 e. The van der Waals surface area contributed by atoms with Gasteiger partial charge in [-0.1, -0.05) is 6.07 Å². The number of ether oxygens (including phenoxy) is 1. The lowest BCUT2D eigenvalue weighted by atomic mass is 10.0. The number of fused-ring (bicyclic) bond motifs is 1. The first-order valence-electron chi connectivity index (χ1n) is 10.5. The third-order valence-corrected chi connectivity index (χ3v) is 5.72. The first-order chi connectivity index (χ1) is 15.0. The van der Waals surface area contributed by atoms with E-state index < -0.39 is 5.97 Å². The number of benzene rings is 1. The summed E-state index contributed by atoms with van der Waals surface area (Å²) in [4.78, 5) is 36.4. The number of likely N-dealkylation sites (tertiary alicyclic amines) is 1. The molecule has 0 radical (unpaired) electrons. The molecule has 1 N–H and O–H groups in total. The summed E-state index contributed by atoms with van der Waals surface area (Å²) in [5, 5.41) is 4.11. The quantitative estimate of drug-likeness (QED) is 0.564. The number of methoxy groups -OCH3 is 1. The number of hydrogen-bond acceptors (Lipinski definition) is 6. The number of esters is 1. The molecule has 4 rings (SSSR count). The van der Waals surface area contributed by atoms with Gasteiger partial charge in [0.1, 0.15) is 0 Å². The lowest BCUT2D eigenvalue weighted by molar-refractivity contribution is 0.0599. The lowest BCUT2D eigenvalue weighted by Crippen LogP contribution is -2.42. The maximum atomic E-state index is 13.5. The average molecular weight is 455 g/mol. The molecule has 1 atom stereocenters. The van der Waals surface area contributed by atoms with Crippen molar-refractivity contribution in [2.75, 3.05) is 19.0 Å². The number of nitrogens with one attached hydrogen (secondary N) is 1. The van der Waals surface area contributed by atoms with E-state index in [-0.39, 0.29) is 24.4 Å². The van der Waals surface area contributed by atoms with E-state index in [0.29, 0.717) is 28.1 Å². The Balaban J connectivity index is 0.00000289. The van der Waals surface area contributed by atoms with Gasteiger partial charge < -0.3 is 15.0 Å². The van der Waals surface area contributed by atoms with E-state index >= 15 is 0 Å². The van der Waals surface area contributed by atoms with Gasteiger partial charge in [0.2, 0.25) is 0 Å². The first-order valence-corrected chi connectivity index (χ1v) is 10.5. The molecule has 1 aliphatic rings. The van der Waals surface area contributed by atoms with E-state index in [1.807, 2.05) is 30.0 Å². The predicted octanol–water partition coefficient (Wildman–Crippen LogP) is 4.90. The van der Waals surface area contributed by atoms with E-state index in [2.05, 4.69) is 22.2 Å². The van der Waals surface area contributed by atoms with Crippen LogP contribution in [0.15, 0.2) is 42.6 Å². The number of pyridine rings is 2. The summed E-state index contributed by atoms with van der Waals surface area (Å²) in [5.41, 5.74) is 3.66. The molecule has 3 heterocycles. The molecule has 1 unspecified atom stereocenters. The second kappa shape index (κ2) is 9.96. The molecular formula is C24H27ClN4O3. The van der Waals surface area contributed by atoms with Crippen molar-refractivity contribution in [1.82, 2.24) is 14.9 Å². The van der Waals surface area contributed by atoms with E-state index in [1.54, 1.807) is 24.4 Å². The van der Waals surface area contributed by atoms with Gasteiger partial charge in [-0.2, -0.15) is 0 Å². The SMILES string of the molecule is COC(=O)c1cccc(Nc2c(C(=O)N3CCCCC3C)cnc3nc(C)ccc23)c1.Cl. The van der Waals surface area contributed by atoms with Crippen LogP contribution in [0.1, 0.15) is 52.6 Å². The summed E-state index contributed by atoms with van der Waals surface area (Å²) in [6, 6.07) is 11.0. The van der Waals surface area contributed by atoms with Crippen molar-refractivity contribution in [2.45, 2.75) is 39.2 Å². The van der Waals surface area contributed by atoms with Gasteiger partial charge in [-0.15, -0.1) is 12.4 Å². The molecule has 1 aromatic carbocycles. The third-order valence-electron chi connectivity index (χ3n) is 5.72. The monoisotopic (exact) mass is 454 g/mol. The summed E-state index contributed by atoms with van der Waals surface area (Å²) >= 11 is 0. The second-order valence-corrected chi connectivity index (χ2v) is 7.91. The zero-order valence-electron chi connectivity index (χ0n) is 18.4. The van der Waals surface area contributed by atoms with E-state index in [1.165, 1.54) is 7.11 Å². The molecule has 7 nitrogen and oxygen atoms in total. The molecule has 32 heavy (non-hydrogen) atoms. The Hall–Kier alpha value is -3.19. The third kappa shape index (κ3) is 4.67. The molecule has 168 valence electrons. The van der Waals surface area contributed by atoms with Gasteiger partial charge in [-0.05, 0) is 63.4 Å². The summed E-state index contributed by atoms with van der Waals surface area (Å²) in [6.45, 7) is 4.73. The standard InChI is InChI=1S/C24H26N4O3.ClH/c1-15-10-11-19-21(27-18-9-6-8-17(13-18)24(30)31-3)20(14-25-22(19)26-15)23(29)28-12-5-4-7-16(28)2;/h6,8-11,13-14,16H,4-5,7,12H2,1-3H3,(H,25,26,27);1H. The number of carbonyl (C=O) groups excluding carboxylic acids is 2. The number of amides is 1. The van der Waals surface area contributed by atoms with Gasteiger partial charge in [0.25, 0.3) is 5.91 Å². The highest BCUT2D eigenvalue weighted by Gasteiger charge is 2.27. The summed E-state index contributed by atoms with van der Waals surface area (Å²) in [7, 11) is 1.35. The van der Waals surface area contributed by atoms with Gasteiger partial charge in [-0.25, -0.2) is 14.8 Å². The highest BCUT2D eigenvalue weighted by Crippen LogP contribution is 2.31. The molecule has 8 heteroatoms. The minimum absolute atomic E-state index is 0. The molecule has 2 aromatic heterocycles. The molecular weight excluding hydrogens is 428 g/mol. The Labute approximate surface area is 193 Å². The largest absolute Gasteiger partial charge is 0.465 e. The molecule has 0 spiro atoms. The number of halogens is 1. The predicted molar refractivity (Wildman–Crippen MR) is 127 cm³/mol. The van der Waals surface area contributed by atoms with Crippen molar-refractivity contribution in [2.24, 2.45) is 0 Å². The molecule has 1 saturated heterocycles. The van der Waals surface area contributed by atoms with Crippen LogP contribution in [-0.4, -0.2) is 46.4 Å². The molecule has 0 bridgehead atoms. The van der Waals surface area contributed by atoms with Gasteiger partial charge in [0.05, 0.1) is 23.9 Å². The number of aromatic nitrogens is 2. The lowest BCUT2D eigenvalue weighted by Gasteiger charge is -2.34. The van der Waals surface area contributed by atoms with Crippen molar-refractivity contribution in [3.63, 3.8) is 0 Å². The molecule has 1 fully saturated rings. The first kappa shape index (κ1) is 23.5. The van der Waals surface area contributed by atoms with Crippen LogP contribution in [0.4, 0.5) is 11.4 Å². The van der Waals surface area contributed by atoms with E-state index in [9.17, 15) is 9.59 Å². The number of hydrogen-bond donors (Lipinski definition) is 1. The molecule has 0 saturated carbocycles. The number of aryl methyl sites for hydroxylation is 1. The zero-order valence-corrected chi connectivity index (χ0v) is 19.2. The zero-order chi connectivity index (χ0) is 22.0. The molecule has 1 aliphatic heterocycles. The fourth-order valence-corrected chi connectivity index (χ4v) is 4.01. The maximum Gasteiger partial charge on any atom is 0.337 e. The Kier molecular flexibility index (Phi) is 7.30. The van der Waals surface area contributed by atoms with Crippen LogP contribution in [0.3, 0.4) is 0 Å². The molecule has 3 aromatic rings. The van der Waals surface area contributed by atoms with Crippen LogP contribution in [-0.2, 0) is 4.74 Å². The topological polar surface area (TPSA) is 84.4 Å². The van der Waals surface area contributed by atoms with E-state index in [4.69, 9.17) is 4.74 Å².